The number of ether oxygens (including phenoxy) is 1. The summed E-state index contributed by atoms with van der Waals surface area (Å²) >= 11 is 0. The van der Waals surface area contributed by atoms with Gasteiger partial charge in [-0.3, -0.25) is 9.80 Å². The third-order valence-electron chi connectivity index (χ3n) is 7.29. The lowest BCUT2D eigenvalue weighted by Crippen LogP contribution is -2.56. The summed E-state index contributed by atoms with van der Waals surface area (Å²) < 4.78 is 5.43. The molecule has 1 aliphatic carbocycles. The Balaban J connectivity index is 1.62. The highest BCUT2D eigenvalue weighted by molar-refractivity contribution is 6.18. The van der Waals surface area contributed by atoms with Crippen LogP contribution in [0.2, 0.25) is 0 Å². The molecule has 0 bridgehead atoms. The van der Waals surface area contributed by atoms with Crippen molar-refractivity contribution in [3.8, 4) is 5.75 Å². The number of para-hydroxylation sites is 1. The smallest absolute Gasteiger partial charge is 0.191 e. The molecule has 4 aromatic rings. The molecule has 6 rings (SSSR count). The number of hydrogen-bond donors (Lipinski definition) is 0. The highest BCUT2D eigenvalue weighted by Crippen LogP contribution is 2.51. The zero-order valence-corrected chi connectivity index (χ0v) is 19.6. The largest absolute Gasteiger partial charge is 0.497 e. The van der Waals surface area contributed by atoms with Crippen LogP contribution in [0.15, 0.2) is 114 Å². The van der Waals surface area contributed by atoms with Gasteiger partial charge in [-0.2, -0.15) is 5.10 Å². The number of hydrazone groups is 1. The molecule has 4 heteroatoms. The fraction of sp³-hybridized carbons (Fsp3) is 0.161. The third-order valence-corrected chi connectivity index (χ3v) is 7.29. The average molecular weight is 459 g/mol. The van der Waals surface area contributed by atoms with Gasteiger partial charge in [0.2, 0.25) is 0 Å². The number of hydrogen-bond acceptors (Lipinski definition) is 4. The molecule has 4 aromatic carbocycles. The minimum absolute atomic E-state index is 0.124. The number of aryl methyl sites for hydroxylation is 1. The number of carbonyl (C=O) groups excluding carboxylic acids is 1. The molecule has 0 radical (unpaired) electrons. The van der Waals surface area contributed by atoms with E-state index in [1.165, 1.54) is 0 Å². The Morgan fingerprint density at radius 1 is 0.829 bits per heavy atom. The standard InChI is InChI=1S/C31H26N2O2/c1-35-26-18-16-23(17-19-26)28-29(24-11-4-2-5-12-24)32-33(25-13-6-3-7-14-25)31(28)21-20-22-10-8-9-15-27(22)30(31)34/h2-19,28H,20-21H2,1H3. The summed E-state index contributed by atoms with van der Waals surface area (Å²) in [4.78, 5) is 14.6. The van der Waals surface area contributed by atoms with Crippen molar-refractivity contribution < 1.29 is 9.53 Å². The lowest BCUT2D eigenvalue weighted by Gasteiger charge is -2.43. The van der Waals surface area contributed by atoms with Gasteiger partial charge in [0.05, 0.1) is 24.4 Å². The average Bonchev–Trinajstić information content (AvgIpc) is 3.28. The maximum Gasteiger partial charge on any atom is 0.191 e. The molecule has 2 aliphatic rings. The lowest BCUT2D eigenvalue weighted by molar-refractivity contribution is 0.0856. The second kappa shape index (κ2) is 8.55. The number of methoxy groups -OCH3 is 1. The molecular weight excluding hydrogens is 432 g/mol. The van der Waals surface area contributed by atoms with Crippen LogP contribution in [0.1, 0.15) is 39.4 Å². The molecular formula is C31H26N2O2. The molecule has 35 heavy (non-hydrogen) atoms. The fourth-order valence-electron chi connectivity index (χ4n) is 5.63. The minimum Gasteiger partial charge on any atom is -0.497 e. The van der Waals surface area contributed by atoms with Crippen LogP contribution in [0.3, 0.4) is 0 Å². The van der Waals surface area contributed by atoms with Crippen molar-refractivity contribution in [1.29, 1.82) is 0 Å². The molecule has 1 aliphatic heterocycles. The maximum absolute atomic E-state index is 14.6. The number of rotatable bonds is 4. The van der Waals surface area contributed by atoms with Gasteiger partial charge in [0.1, 0.15) is 11.3 Å². The first-order valence-corrected chi connectivity index (χ1v) is 12.0. The summed E-state index contributed by atoms with van der Waals surface area (Å²) in [5, 5.41) is 7.23. The molecule has 0 N–H and O–H groups in total. The van der Waals surface area contributed by atoms with E-state index in [2.05, 4.69) is 30.3 Å². The number of benzene rings is 4. The molecule has 0 saturated heterocycles. The van der Waals surface area contributed by atoms with Gasteiger partial charge < -0.3 is 4.74 Å². The van der Waals surface area contributed by atoms with Gasteiger partial charge >= 0.3 is 0 Å². The van der Waals surface area contributed by atoms with Crippen LogP contribution >= 0.6 is 0 Å². The van der Waals surface area contributed by atoms with Crippen LogP contribution in [-0.2, 0) is 6.42 Å². The SMILES string of the molecule is COc1ccc(C2C(c3ccccc3)=NN(c3ccccc3)C23CCc2ccccc2C3=O)cc1. The van der Waals surface area contributed by atoms with Gasteiger partial charge in [0.15, 0.2) is 5.78 Å². The van der Waals surface area contributed by atoms with Crippen molar-refractivity contribution in [2.75, 3.05) is 12.1 Å². The van der Waals surface area contributed by atoms with Crippen LogP contribution in [0.25, 0.3) is 0 Å². The topological polar surface area (TPSA) is 41.9 Å². The number of nitrogens with zero attached hydrogens (tertiary/aromatic N) is 2. The number of anilines is 1. The molecule has 1 spiro atoms. The van der Waals surface area contributed by atoms with Crippen molar-refractivity contribution in [2.45, 2.75) is 24.3 Å². The Kier molecular flexibility index (Phi) is 5.22. The summed E-state index contributed by atoms with van der Waals surface area (Å²) in [5.41, 5.74) is 4.95. The van der Waals surface area contributed by atoms with E-state index in [9.17, 15) is 4.79 Å². The molecule has 2 unspecified atom stereocenters. The van der Waals surface area contributed by atoms with Crippen LogP contribution in [0.5, 0.6) is 5.75 Å². The fourth-order valence-corrected chi connectivity index (χ4v) is 5.63. The second-order valence-electron chi connectivity index (χ2n) is 9.12. The summed E-state index contributed by atoms with van der Waals surface area (Å²) in [6, 6.07) is 36.4. The molecule has 2 atom stereocenters. The molecule has 0 saturated carbocycles. The molecule has 172 valence electrons. The zero-order chi connectivity index (χ0) is 23.8. The van der Waals surface area contributed by atoms with Gasteiger partial charge in [-0.25, -0.2) is 0 Å². The van der Waals surface area contributed by atoms with Crippen molar-refractivity contribution in [3.05, 3.63) is 131 Å². The summed E-state index contributed by atoms with van der Waals surface area (Å²) in [6.45, 7) is 0. The van der Waals surface area contributed by atoms with Crippen LogP contribution in [0.4, 0.5) is 5.69 Å². The van der Waals surface area contributed by atoms with Crippen molar-refractivity contribution in [1.82, 2.24) is 0 Å². The molecule has 0 fully saturated rings. The minimum atomic E-state index is -0.866. The highest BCUT2D eigenvalue weighted by atomic mass is 16.5. The molecule has 4 nitrogen and oxygen atoms in total. The molecule has 0 amide bonds. The summed E-state index contributed by atoms with van der Waals surface area (Å²) in [7, 11) is 1.67. The zero-order valence-electron chi connectivity index (χ0n) is 19.6. The van der Waals surface area contributed by atoms with E-state index < -0.39 is 5.54 Å². The van der Waals surface area contributed by atoms with E-state index in [-0.39, 0.29) is 11.7 Å². The van der Waals surface area contributed by atoms with Gasteiger partial charge in [-0.05, 0) is 53.8 Å². The van der Waals surface area contributed by atoms with E-state index in [4.69, 9.17) is 9.84 Å². The van der Waals surface area contributed by atoms with Gasteiger partial charge in [0, 0.05) is 5.56 Å². The van der Waals surface area contributed by atoms with Gasteiger partial charge in [0.25, 0.3) is 0 Å². The van der Waals surface area contributed by atoms with Crippen LogP contribution in [-0.4, -0.2) is 24.1 Å². The van der Waals surface area contributed by atoms with E-state index in [0.717, 1.165) is 45.8 Å². The van der Waals surface area contributed by atoms with Crippen LogP contribution < -0.4 is 9.75 Å². The van der Waals surface area contributed by atoms with E-state index >= 15 is 0 Å². The van der Waals surface area contributed by atoms with Gasteiger partial charge in [-0.15, -0.1) is 0 Å². The first-order valence-electron chi connectivity index (χ1n) is 12.0. The maximum atomic E-state index is 14.6. The second-order valence-corrected chi connectivity index (χ2v) is 9.12. The number of Topliss-reactive ketones (excluding diaryl/α,β-unsaturated/α-hetero) is 1. The number of ketones is 1. The Hall–Kier alpha value is -4.18. The monoisotopic (exact) mass is 458 g/mol. The predicted molar refractivity (Wildman–Crippen MR) is 139 cm³/mol. The lowest BCUT2D eigenvalue weighted by atomic mass is 9.65. The Labute approximate surface area is 205 Å². The highest BCUT2D eigenvalue weighted by Gasteiger charge is 2.59. The number of carbonyl (C=O) groups is 1. The van der Waals surface area contributed by atoms with Crippen molar-refractivity contribution >= 4 is 17.2 Å². The first kappa shape index (κ1) is 21.4. The Morgan fingerprint density at radius 3 is 2.20 bits per heavy atom. The quantitative estimate of drug-likeness (QED) is 0.362. The Morgan fingerprint density at radius 2 is 1.49 bits per heavy atom. The summed E-state index contributed by atoms with van der Waals surface area (Å²) in [6.07, 6.45) is 1.49. The molecule has 1 heterocycles. The summed E-state index contributed by atoms with van der Waals surface area (Å²) in [5.74, 6) is 0.676. The number of fused-ring (bicyclic) bond motifs is 1. The van der Waals surface area contributed by atoms with Gasteiger partial charge in [-0.1, -0.05) is 84.9 Å². The van der Waals surface area contributed by atoms with E-state index in [1.807, 2.05) is 83.9 Å². The predicted octanol–water partition coefficient (Wildman–Crippen LogP) is 6.27. The first-order chi connectivity index (χ1) is 17.2. The Bertz CT molecular complexity index is 1400. The normalized spacial score (nSPS) is 21.1. The van der Waals surface area contributed by atoms with Crippen molar-refractivity contribution in [2.24, 2.45) is 5.10 Å². The third kappa shape index (κ3) is 3.36. The van der Waals surface area contributed by atoms with Crippen molar-refractivity contribution in [3.63, 3.8) is 0 Å². The van der Waals surface area contributed by atoms with E-state index in [0.29, 0.717) is 6.42 Å². The van der Waals surface area contributed by atoms with Crippen LogP contribution in [0, 0.1) is 0 Å². The molecule has 0 aromatic heterocycles. The van der Waals surface area contributed by atoms with E-state index in [1.54, 1.807) is 7.11 Å².